The number of nitrogens with two attached hydrogens (primary N) is 1. The quantitative estimate of drug-likeness (QED) is 0.793. The lowest BCUT2D eigenvalue weighted by Crippen LogP contribution is -2.31. The van der Waals surface area contributed by atoms with Gasteiger partial charge in [-0.05, 0) is 43.5 Å². The van der Waals surface area contributed by atoms with E-state index in [1.807, 2.05) is 0 Å². The van der Waals surface area contributed by atoms with Crippen LogP contribution < -0.4 is 5.90 Å². The molecule has 17 heavy (non-hydrogen) atoms. The summed E-state index contributed by atoms with van der Waals surface area (Å²) in [5.74, 6) is 5.05. The van der Waals surface area contributed by atoms with Crippen LogP contribution in [0.5, 0.6) is 0 Å². The largest absolute Gasteiger partial charge is 0.303 e. The monoisotopic (exact) mass is 234 g/mol. The summed E-state index contributed by atoms with van der Waals surface area (Å²) in [6.07, 6.45) is 5.29. The second-order valence-corrected chi connectivity index (χ2v) is 4.78. The number of benzene rings is 1. The first-order chi connectivity index (χ1) is 8.38. The molecule has 1 aliphatic heterocycles. The molecule has 0 atom stereocenters. The van der Waals surface area contributed by atoms with Crippen molar-refractivity contribution in [2.45, 2.75) is 32.3 Å². The van der Waals surface area contributed by atoms with E-state index in [-0.39, 0.29) is 0 Å². The molecule has 0 unspecified atom stereocenters. The van der Waals surface area contributed by atoms with Crippen molar-refractivity contribution >= 4 is 0 Å². The third kappa shape index (κ3) is 4.11. The van der Waals surface area contributed by atoms with E-state index in [0.717, 1.165) is 12.0 Å². The maximum Gasteiger partial charge on any atom is 0.0930 e. The molecule has 3 heteroatoms. The van der Waals surface area contributed by atoms with E-state index in [2.05, 4.69) is 34.0 Å². The van der Waals surface area contributed by atoms with Gasteiger partial charge in [0.15, 0.2) is 0 Å². The molecular weight excluding hydrogens is 212 g/mol. The van der Waals surface area contributed by atoms with Gasteiger partial charge in [-0.1, -0.05) is 30.7 Å². The molecule has 0 amide bonds. The van der Waals surface area contributed by atoms with Crippen LogP contribution in [0.4, 0.5) is 0 Å². The number of nitrogens with zero attached hydrogens (tertiary/aromatic N) is 1. The van der Waals surface area contributed by atoms with Gasteiger partial charge in [-0.25, -0.2) is 5.90 Å². The van der Waals surface area contributed by atoms with Gasteiger partial charge in [0.05, 0.1) is 6.61 Å². The molecule has 2 N–H and O–H groups in total. The van der Waals surface area contributed by atoms with Gasteiger partial charge >= 0.3 is 0 Å². The van der Waals surface area contributed by atoms with E-state index >= 15 is 0 Å². The molecule has 0 aliphatic carbocycles. The fourth-order valence-corrected chi connectivity index (χ4v) is 2.37. The first kappa shape index (κ1) is 12.6. The molecule has 0 bridgehead atoms. The van der Waals surface area contributed by atoms with E-state index in [0.29, 0.717) is 6.61 Å². The minimum absolute atomic E-state index is 0.492. The molecule has 1 aromatic rings. The molecule has 0 radical (unpaired) electrons. The topological polar surface area (TPSA) is 38.5 Å². The Hall–Kier alpha value is -0.900. The molecular formula is C14H22N2O. The minimum Gasteiger partial charge on any atom is -0.303 e. The van der Waals surface area contributed by atoms with Crippen molar-refractivity contribution in [1.29, 1.82) is 0 Å². The molecule has 1 aliphatic rings. The zero-order valence-electron chi connectivity index (χ0n) is 10.4. The number of piperidine rings is 1. The standard InChI is InChI=1S/C14H22N2O/c15-17-12-14-6-4-13(5-7-14)8-11-16-9-2-1-3-10-16/h4-7H,1-3,8-12,15H2. The molecule has 0 spiro atoms. The number of rotatable bonds is 5. The van der Waals surface area contributed by atoms with Crippen LogP contribution in [0.15, 0.2) is 24.3 Å². The van der Waals surface area contributed by atoms with Gasteiger partial charge in [0.2, 0.25) is 0 Å². The van der Waals surface area contributed by atoms with E-state index in [1.54, 1.807) is 0 Å². The Bertz CT molecular complexity index is 317. The number of hydrogen-bond acceptors (Lipinski definition) is 3. The summed E-state index contributed by atoms with van der Waals surface area (Å²) in [5.41, 5.74) is 2.53. The van der Waals surface area contributed by atoms with E-state index in [1.165, 1.54) is 44.5 Å². The Morgan fingerprint density at radius 3 is 2.29 bits per heavy atom. The highest BCUT2D eigenvalue weighted by molar-refractivity contribution is 5.22. The SMILES string of the molecule is NOCc1ccc(CCN2CCCCC2)cc1. The van der Waals surface area contributed by atoms with Crippen molar-refractivity contribution in [3.05, 3.63) is 35.4 Å². The molecule has 3 nitrogen and oxygen atoms in total. The van der Waals surface area contributed by atoms with Gasteiger partial charge < -0.3 is 4.90 Å². The third-order valence-corrected chi connectivity index (χ3v) is 3.44. The van der Waals surface area contributed by atoms with Crippen molar-refractivity contribution in [2.75, 3.05) is 19.6 Å². The Kier molecular flexibility index (Phi) is 4.98. The second-order valence-electron chi connectivity index (χ2n) is 4.78. The Morgan fingerprint density at radius 2 is 1.65 bits per heavy atom. The van der Waals surface area contributed by atoms with Gasteiger partial charge in [0.1, 0.15) is 0 Å². The molecule has 1 aromatic carbocycles. The van der Waals surface area contributed by atoms with Crippen LogP contribution in [0, 0.1) is 0 Å². The zero-order valence-corrected chi connectivity index (χ0v) is 10.4. The van der Waals surface area contributed by atoms with Gasteiger partial charge in [-0.2, -0.15) is 0 Å². The predicted octanol–water partition coefficient (Wildman–Crippen LogP) is 2.11. The number of hydrogen-bond donors (Lipinski definition) is 1. The average Bonchev–Trinajstić information content (AvgIpc) is 2.40. The first-order valence-electron chi connectivity index (χ1n) is 6.50. The fourth-order valence-electron chi connectivity index (χ4n) is 2.37. The van der Waals surface area contributed by atoms with Crippen molar-refractivity contribution in [2.24, 2.45) is 5.90 Å². The lowest BCUT2D eigenvalue weighted by atomic mass is 10.1. The van der Waals surface area contributed by atoms with E-state index < -0.39 is 0 Å². The summed E-state index contributed by atoms with van der Waals surface area (Å²) in [4.78, 5) is 7.18. The van der Waals surface area contributed by atoms with Crippen LogP contribution in [0.1, 0.15) is 30.4 Å². The third-order valence-electron chi connectivity index (χ3n) is 3.44. The van der Waals surface area contributed by atoms with Gasteiger partial charge in [-0.3, -0.25) is 4.84 Å². The Balaban J connectivity index is 1.77. The van der Waals surface area contributed by atoms with Crippen LogP contribution in [0.2, 0.25) is 0 Å². The summed E-state index contributed by atoms with van der Waals surface area (Å²) in [7, 11) is 0. The first-order valence-corrected chi connectivity index (χ1v) is 6.50. The van der Waals surface area contributed by atoms with Crippen molar-refractivity contribution in [3.63, 3.8) is 0 Å². The maximum absolute atomic E-state index is 5.05. The smallest absolute Gasteiger partial charge is 0.0930 e. The van der Waals surface area contributed by atoms with Crippen LogP contribution in [0.25, 0.3) is 0 Å². The molecule has 94 valence electrons. The summed E-state index contributed by atoms with van der Waals surface area (Å²) >= 11 is 0. The summed E-state index contributed by atoms with van der Waals surface area (Å²) in [6.45, 7) is 4.23. The van der Waals surface area contributed by atoms with Crippen molar-refractivity contribution < 1.29 is 4.84 Å². The zero-order chi connectivity index (χ0) is 11.9. The number of likely N-dealkylation sites (tertiary alicyclic amines) is 1. The molecule has 0 aromatic heterocycles. The van der Waals surface area contributed by atoms with Crippen LogP contribution in [0.3, 0.4) is 0 Å². The highest BCUT2D eigenvalue weighted by Crippen LogP contribution is 2.11. The minimum atomic E-state index is 0.492. The summed E-state index contributed by atoms with van der Waals surface area (Å²) in [6, 6.07) is 8.55. The molecule has 0 saturated carbocycles. The van der Waals surface area contributed by atoms with Gasteiger partial charge in [0.25, 0.3) is 0 Å². The molecule has 1 heterocycles. The molecule has 2 rings (SSSR count). The second kappa shape index (κ2) is 6.74. The maximum atomic E-state index is 5.05. The molecule has 1 fully saturated rings. The van der Waals surface area contributed by atoms with Crippen LogP contribution in [-0.2, 0) is 17.9 Å². The lowest BCUT2D eigenvalue weighted by Gasteiger charge is -2.26. The van der Waals surface area contributed by atoms with E-state index in [4.69, 9.17) is 5.90 Å². The Morgan fingerprint density at radius 1 is 1.00 bits per heavy atom. The van der Waals surface area contributed by atoms with Crippen LogP contribution >= 0.6 is 0 Å². The van der Waals surface area contributed by atoms with Gasteiger partial charge in [-0.15, -0.1) is 0 Å². The van der Waals surface area contributed by atoms with Crippen molar-refractivity contribution in [1.82, 2.24) is 4.90 Å². The summed E-state index contributed by atoms with van der Waals surface area (Å²) in [5, 5.41) is 0. The summed E-state index contributed by atoms with van der Waals surface area (Å²) < 4.78 is 0. The normalized spacial score (nSPS) is 17.2. The predicted molar refractivity (Wildman–Crippen MR) is 69.4 cm³/mol. The fraction of sp³-hybridized carbons (Fsp3) is 0.571. The van der Waals surface area contributed by atoms with Gasteiger partial charge in [0, 0.05) is 6.54 Å². The van der Waals surface area contributed by atoms with Crippen LogP contribution in [-0.4, -0.2) is 24.5 Å². The highest BCUT2D eigenvalue weighted by atomic mass is 16.6. The molecule has 1 saturated heterocycles. The van der Waals surface area contributed by atoms with E-state index in [9.17, 15) is 0 Å². The lowest BCUT2D eigenvalue weighted by molar-refractivity contribution is 0.124. The highest BCUT2D eigenvalue weighted by Gasteiger charge is 2.09. The average molecular weight is 234 g/mol. The van der Waals surface area contributed by atoms with Crippen molar-refractivity contribution in [3.8, 4) is 0 Å². The Labute approximate surface area is 104 Å².